The van der Waals surface area contributed by atoms with Gasteiger partial charge in [-0.3, -0.25) is 19.3 Å². The lowest BCUT2D eigenvalue weighted by atomic mass is 10.0. The van der Waals surface area contributed by atoms with Gasteiger partial charge in [0.25, 0.3) is 0 Å². The number of likely N-dealkylation sites (tertiary alicyclic amines) is 1. The van der Waals surface area contributed by atoms with Gasteiger partial charge in [-0.2, -0.15) is 0 Å². The fraction of sp³-hybridized carbons (Fsp3) is 0.833. The number of carbonyl (C=O) groups excluding carboxylic acids is 2. The first kappa shape index (κ1) is 19.7. The smallest absolute Gasteiger partial charge is 0.317 e. The Morgan fingerprint density at radius 1 is 0.800 bits per heavy atom. The first-order valence-electron chi connectivity index (χ1n) is 9.56. The molecule has 0 atom stereocenters. The molecule has 25 heavy (non-hydrogen) atoms. The van der Waals surface area contributed by atoms with Crippen molar-refractivity contribution in [3.05, 3.63) is 0 Å². The quantitative estimate of drug-likeness (QED) is 0.599. The Morgan fingerprint density at radius 2 is 1.28 bits per heavy atom. The van der Waals surface area contributed by atoms with Crippen LogP contribution in [0.3, 0.4) is 0 Å². The fourth-order valence-corrected chi connectivity index (χ4v) is 3.68. The number of aliphatic carboxylic acids is 1. The van der Waals surface area contributed by atoms with Crippen LogP contribution in [0.4, 0.5) is 0 Å². The minimum absolute atomic E-state index is 0.0293. The van der Waals surface area contributed by atoms with E-state index in [2.05, 4.69) is 10.6 Å². The second-order valence-electron chi connectivity index (χ2n) is 7.27. The van der Waals surface area contributed by atoms with Gasteiger partial charge < -0.3 is 15.7 Å². The number of carbonyl (C=O) groups is 3. The number of hydrogen-bond donors (Lipinski definition) is 3. The molecule has 142 valence electrons. The van der Waals surface area contributed by atoms with Gasteiger partial charge in [0, 0.05) is 38.0 Å². The molecule has 0 aromatic rings. The van der Waals surface area contributed by atoms with E-state index in [1.54, 1.807) is 0 Å². The van der Waals surface area contributed by atoms with Crippen LogP contribution < -0.4 is 10.6 Å². The van der Waals surface area contributed by atoms with Crippen molar-refractivity contribution in [2.24, 2.45) is 0 Å². The van der Waals surface area contributed by atoms with Gasteiger partial charge in [-0.1, -0.05) is 25.7 Å². The summed E-state index contributed by atoms with van der Waals surface area (Å²) < 4.78 is 0. The molecule has 0 radical (unpaired) electrons. The first-order chi connectivity index (χ1) is 12.0. The highest BCUT2D eigenvalue weighted by atomic mass is 16.4. The highest BCUT2D eigenvalue weighted by Crippen LogP contribution is 2.17. The summed E-state index contributed by atoms with van der Waals surface area (Å²) >= 11 is 0. The van der Waals surface area contributed by atoms with Crippen LogP contribution in [-0.2, 0) is 14.4 Å². The molecule has 2 aliphatic rings. The van der Waals surface area contributed by atoms with Gasteiger partial charge in [0.05, 0.1) is 6.54 Å². The molecule has 7 nitrogen and oxygen atoms in total. The van der Waals surface area contributed by atoms with Crippen molar-refractivity contribution < 1.29 is 19.5 Å². The van der Waals surface area contributed by atoms with Crippen molar-refractivity contribution >= 4 is 17.8 Å². The number of amides is 2. The summed E-state index contributed by atoms with van der Waals surface area (Å²) in [6.45, 7) is 1.42. The summed E-state index contributed by atoms with van der Waals surface area (Å²) in [6, 6.07) is 0.360. The third-order valence-corrected chi connectivity index (χ3v) is 5.11. The lowest BCUT2D eigenvalue weighted by Gasteiger charge is -2.31. The Kier molecular flexibility index (Phi) is 8.18. The Labute approximate surface area is 149 Å². The topological polar surface area (TPSA) is 98.7 Å². The number of carboxylic acids is 1. The number of nitrogens with zero attached hydrogens (tertiary/aromatic N) is 1. The molecule has 0 spiro atoms. The van der Waals surface area contributed by atoms with Gasteiger partial charge in [0.2, 0.25) is 11.8 Å². The molecule has 0 aromatic heterocycles. The molecule has 1 aliphatic heterocycles. The third kappa shape index (κ3) is 7.86. The van der Waals surface area contributed by atoms with Crippen LogP contribution in [-0.4, -0.2) is 59.5 Å². The average Bonchev–Trinajstić information content (AvgIpc) is 2.83. The van der Waals surface area contributed by atoms with Crippen molar-refractivity contribution in [1.29, 1.82) is 0 Å². The molecule has 7 heteroatoms. The van der Waals surface area contributed by atoms with E-state index in [-0.39, 0.29) is 43.3 Å². The van der Waals surface area contributed by atoms with Crippen LogP contribution >= 0.6 is 0 Å². The van der Waals surface area contributed by atoms with Crippen LogP contribution in [0, 0.1) is 0 Å². The summed E-state index contributed by atoms with van der Waals surface area (Å²) in [5.41, 5.74) is 0. The first-order valence-corrected chi connectivity index (χ1v) is 9.56. The summed E-state index contributed by atoms with van der Waals surface area (Å²) in [4.78, 5) is 36.6. The normalized spacial score (nSPS) is 20.6. The van der Waals surface area contributed by atoms with Gasteiger partial charge in [-0.25, -0.2) is 0 Å². The maximum Gasteiger partial charge on any atom is 0.317 e. The van der Waals surface area contributed by atoms with Gasteiger partial charge >= 0.3 is 5.97 Å². The van der Waals surface area contributed by atoms with E-state index >= 15 is 0 Å². The molecule has 3 N–H and O–H groups in total. The van der Waals surface area contributed by atoms with Gasteiger partial charge in [-0.05, 0) is 25.7 Å². The second-order valence-corrected chi connectivity index (χ2v) is 7.27. The van der Waals surface area contributed by atoms with E-state index in [1.807, 2.05) is 4.90 Å². The maximum atomic E-state index is 12.0. The van der Waals surface area contributed by atoms with Crippen LogP contribution in [0.25, 0.3) is 0 Å². The van der Waals surface area contributed by atoms with Crippen molar-refractivity contribution in [1.82, 2.24) is 15.5 Å². The molecule has 1 saturated heterocycles. The molecule has 0 bridgehead atoms. The molecule has 2 amide bonds. The van der Waals surface area contributed by atoms with Crippen LogP contribution in [0.1, 0.15) is 64.2 Å². The minimum atomic E-state index is -0.817. The summed E-state index contributed by atoms with van der Waals surface area (Å²) in [5.74, 6) is -0.937. The van der Waals surface area contributed by atoms with Crippen molar-refractivity contribution in [3.63, 3.8) is 0 Å². The molecule has 2 fully saturated rings. The number of piperidine rings is 1. The summed E-state index contributed by atoms with van der Waals surface area (Å²) in [5, 5.41) is 14.8. The number of nitrogens with one attached hydrogen (secondary N) is 2. The molecule has 1 heterocycles. The Hall–Kier alpha value is -1.63. The van der Waals surface area contributed by atoms with E-state index in [4.69, 9.17) is 5.11 Å². The minimum Gasteiger partial charge on any atom is -0.480 e. The SMILES string of the molecule is O=C(O)CN1CCC(NC(=O)CCC(=O)NC2CCCCCC2)CC1. The van der Waals surface area contributed by atoms with Gasteiger partial charge in [0.1, 0.15) is 0 Å². The lowest BCUT2D eigenvalue weighted by Crippen LogP contribution is -2.46. The number of hydrogen-bond acceptors (Lipinski definition) is 4. The van der Waals surface area contributed by atoms with E-state index in [0.717, 1.165) is 25.7 Å². The van der Waals surface area contributed by atoms with Gasteiger partial charge in [0.15, 0.2) is 0 Å². The predicted molar refractivity (Wildman–Crippen MR) is 94.1 cm³/mol. The molecule has 1 aliphatic carbocycles. The summed E-state index contributed by atoms with van der Waals surface area (Å²) in [7, 11) is 0. The highest BCUT2D eigenvalue weighted by molar-refractivity contribution is 5.84. The number of rotatable bonds is 7. The lowest BCUT2D eigenvalue weighted by molar-refractivity contribution is -0.138. The van der Waals surface area contributed by atoms with Crippen molar-refractivity contribution in [2.45, 2.75) is 76.3 Å². The van der Waals surface area contributed by atoms with Gasteiger partial charge in [-0.15, -0.1) is 0 Å². The molecular formula is C18H31N3O4. The summed E-state index contributed by atoms with van der Waals surface area (Å²) in [6.07, 6.45) is 8.91. The third-order valence-electron chi connectivity index (χ3n) is 5.11. The van der Waals surface area contributed by atoms with E-state index in [1.165, 1.54) is 25.7 Å². The molecule has 2 rings (SSSR count). The van der Waals surface area contributed by atoms with E-state index in [9.17, 15) is 14.4 Å². The fourth-order valence-electron chi connectivity index (χ4n) is 3.68. The molecule has 0 unspecified atom stereocenters. The Bertz CT molecular complexity index is 453. The largest absolute Gasteiger partial charge is 0.480 e. The average molecular weight is 353 g/mol. The van der Waals surface area contributed by atoms with E-state index in [0.29, 0.717) is 13.1 Å². The van der Waals surface area contributed by atoms with E-state index < -0.39 is 5.97 Å². The second kappa shape index (κ2) is 10.4. The predicted octanol–water partition coefficient (Wildman–Crippen LogP) is 1.27. The standard InChI is InChI=1S/C18H31N3O4/c22-16(19-14-5-3-1-2-4-6-14)7-8-17(23)20-15-9-11-21(12-10-15)13-18(24)25/h14-15H,1-13H2,(H,19,22)(H,20,23)(H,24,25). The zero-order valence-corrected chi connectivity index (χ0v) is 15.0. The molecule has 0 aromatic carbocycles. The highest BCUT2D eigenvalue weighted by Gasteiger charge is 2.22. The maximum absolute atomic E-state index is 12.0. The zero-order valence-electron chi connectivity index (χ0n) is 15.0. The van der Waals surface area contributed by atoms with Crippen molar-refractivity contribution in [3.8, 4) is 0 Å². The van der Waals surface area contributed by atoms with Crippen LogP contribution in [0.5, 0.6) is 0 Å². The van der Waals surface area contributed by atoms with Crippen LogP contribution in [0.2, 0.25) is 0 Å². The Morgan fingerprint density at radius 3 is 1.76 bits per heavy atom. The van der Waals surface area contributed by atoms with Crippen molar-refractivity contribution in [2.75, 3.05) is 19.6 Å². The molecule has 1 saturated carbocycles. The number of carboxylic acid groups (broad SMARTS) is 1. The zero-order chi connectivity index (χ0) is 18.1. The monoisotopic (exact) mass is 353 g/mol. The van der Waals surface area contributed by atoms with Crippen LogP contribution in [0.15, 0.2) is 0 Å². The Balaban J connectivity index is 1.59. The molecular weight excluding hydrogens is 322 g/mol.